The molecule has 4 aromatic rings. The molecule has 356 valence electrons. The Kier molecular flexibility index (Phi) is 24.7. The molecule has 17 nitrogen and oxygen atoms in total. The average Bonchev–Trinajstić information content (AvgIpc) is 4.08. The van der Waals surface area contributed by atoms with Gasteiger partial charge in [-0.05, 0) is 85.7 Å². The van der Waals surface area contributed by atoms with Crippen molar-refractivity contribution in [2.45, 2.75) is 120 Å². The number of carbonyl (C=O) groups excluding carboxylic acids is 4. The van der Waals surface area contributed by atoms with Crippen LogP contribution in [0.4, 0.5) is 22.7 Å². The third-order valence-corrected chi connectivity index (χ3v) is 13.1. The van der Waals surface area contributed by atoms with E-state index in [1.54, 1.807) is 0 Å². The van der Waals surface area contributed by atoms with Crippen LogP contribution in [-0.4, -0.2) is 54.4 Å². The number of ether oxygens (including phenoxy) is 2. The Labute approximate surface area is 453 Å². The average molecular weight is 1040 g/mol. The predicted molar refractivity (Wildman–Crippen MR) is 245 cm³/mol. The third kappa shape index (κ3) is 16.6. The molecular weight excluding hydrogens is 986 g/mol. The van der Waals surface area contributed by atoms with Crippen LogP contribution in [-0.2, 0) is 38.6 Å². The molecule has 2 amide bonds. The smallest absolute Gasteiger partial charge is 0.744 e. The number of hydrogen-bond acceptors (Lipinski definition) is 16. The standard InChI is InChI=1S/C45H52Cl2N4O13S2.2Na/c1-4-6-7-8-9-10-11-12-13-14-21-61-44(56)32-25-35(34(47)26-33(32)46)49-43(55)41(42(54)45(5-2)19-20-45)62-30-17-15-29(16-18-30)50-51-39-37(65-64-63-57)23-28-22-31(66(58,59)60)24-36(48-27(3)52)38(28)40(39)53;;/h15-18,22-26,41,53,57H,4-14,19-21H2,1-3H3,(H,48,52)(H,49,55)(H,58,59,60);;/q;2*+1/p-2. The number of nitrogens with one attached hydrogen (secondary N) is 2. The second-order valence-corrected chi connectivity index (χ2v) is 18.7. The van der Waals surface area contributed by atoms with Crippen molar-refractivity contribution in [3.05, 3.63) is 70.2 Å². The first-order valence-corrected chi connectivity index (χ1v) is 24.3. The van der Waals surface area contributed by atoms with E-state index in [1.807, 2.05) is 6.92 Å². The number of phenolic OH excluding ortho intramolecular Hbond substituents is 1. The molecule has 1 aliphatic carbocycles. The summed E-state index contributed by atoms with van der Waals surface area (Å²) in [4.78, 5) is 52.1. The quantitative estimate of drug-likeness (QED) is 0.00896. The first kappa shape index (κ1) is 59.4. The van der Waals surface area contributed by atoms with Crippen molar-refractivity contribution in [1.82, 2.24) is 0 Å². The van der Waals surface area contributed by atoms with E-state index in [9.17, 15) is 42.5 Å². The van der Waals surface area contributed by atoms with Gasteiger partial charge >= 0.3 is 65.1 Å². The molecule has 3 N–H and O–H groups in total. The van der Waals surface area contributed by atoms with Crippen LogP contribution >= 0.6 is 35.2 Å². The van der Waals surface area contributed by atoms with Crippen LogP contribution in [0.5, 0.6) is 11.5 Å². The van der Waals surface area contributed by atoms with Gasteiger partial charge in [0, 0.05) is 17.7 Å². The Morgan fingerprint density at radius 1 is 0.853 bits per heavy atom. The van der Waals surface area contributed by atoms with Crippen molar-refractivity contribution in [2.75, 3.05) is 17.2 Å². The van der Waals surface area contributed by atoms with Gasteiger partial charge in [-0.3, -0.25) is 19.4 Å². The number of amides is 2. The van der Waals surface area contributed by atoms with E-state index in [0.717, 1.165) is 38.3 Å². The molecule has 0 saturated heterocycles. The normalized spacial score (nSPS) is 13.3. The summed E-state index contributed by atoms with van der Waals surface area (Å²) < 4.78 is 51.6. The summed E-state index contributed by atoms with van der Waals surface area (Å²) in [6, 6.07) is 11.3. The van der Waals surface area contributed by atoms with E-state index in [-0.39, 0.29) is 138 Å². The Balaban J connectivity index is 0.00000612. The number of benzene rings is 4. The monoisotopic (exact) mass is 1030 g/mol. The van der Waals surface area contributed by atoms with E-state index < -0.39 is 55.8 Å². The van der Waals surface area contributed by atoms with Gasteiger partial charge in [0.25, 0.3) is 5.91 Å². The maximum atomic E-state index is 13.9. The van der Waals surface area contributed by atoms with Gasteiger partial charge in [-0.2, -0.15) is 9.45 Å². The third-order valence-electron chi connectivity index (χ3n) is 11.0. The maximum Gasteiger partial charge on any atom is 1.00 e. The van der Waals surface area contributed by atoms with E-state index >= 15 is 0 Å². The van der Waals surface area contributed by atoms with Crippen molar-refractivity contribution >= 4 is 102 Å². The molecule has 0 bridgehead atoms. The Morgan fingerprint density at radius 2 is 1.49 bits per heavy atom. The number of phenols is 1. The zero-order chi connectivity index (χ0) is 48.0. The van der Waals surface area contributed by atoms with Crippen LogP contribution < -0.4 is 79.7 Å². The largest absolute Gasteiger partial charge is 1.00 e. The summed E-state index contributed by atoms with van der Waals surface area (Å²) in [6.07, 6.45) is 11.2. The fourth-order valence-corrected chi connectivity index (χ4v) is 8.73. The Morgan fingerprint density at radius 3 is 2.06 bits per heavy atom. The molecule has 1 saturated carbocycles. The van der Waals surface area contributed by atoms with Crippen molar-refractivity contribution in [3.8, 4) is 11.5 Å². The number of Topliss-reactive ketones (excluding diaryl/α,β-unsaturated/α-hetero) is 1. The summed E-state index contributed by atoms with van der Waals surface area (Å²) in [5, 5.41) is 38.6. The topological polar surface area (TPSA) is 254 Å². The second kappa shape index (κ2) is 28.2. The molecule has 1 unspecified atom stereocenters. The van der Waals surface area contributed by atoms with Crippen molar-refractivity contribution in [1.29, 1.82) is 0 Å². The van der Waals surface area contributed by atoms with Crippen LogP contribution in [0.25, 0.3) is 10.8 Å². The molecule has 1 aliphatic rings. The predicted octanol–water partition coefficient (Wildman–Crippen LogP) is 4.59. The van der Waals surface area contributed by atoms with Crippen LogP contribution in [0.2, 0.25) is 10.0 Å². The number of rotatable bonds is 26. The maximum absolute atomic E-state index is 13.9. The first-order valence-electron chi connectivity index (χ1n) is 21.4. The fraction of sp³-hybridized carbons (Fsp3) is 0.422. The van der Waals surface area contributed by atoms with Gasteiger partial charge in [0.2, 0.25) is 12.0 Å². The summed E-state index contributed by atoms with van der Waals surface area (Å²) in [7, 11) is -5.02. The zero-order valence-electron chi connectivity index (χ0n) is 38.5. The van der Waals surface area contributed by atoms with Gasteiger partial charge in [-0.15, -0.1) is 5.11 Å². The van der Waals surface area contributed by atoms with E-state index in [0.29, 0.717) is 25.7 Å². The molecule has 0 radical (unpaired) electrons. The van der Waals surface area contributed by atoms with Gasteiger partial charge in [0.15, 0.2) is 11.5 Å². The molecule has 0 heterocycles. The van der Waals surface area contributed by atoms with E-state index in [1.165, 1.54) is 81.0 Å². The molecule has 1 fully saturated rings. The SMILES string of the molecule is CCCCCCCCCCCCOC(=O)c1cc(NC(=O)C(Oc2ccc(N=Nc3c(SOO[O-])cc4cc(S(=O)(=O)[O-])cc(NC(C)=O)c4c3O)cc2)C(=O)C2(CC)CC2)c(Cl)cc1Cl.[Na+].[Na+]. The number of carbonyl (C=O) groups is 4. The number of ketones is 1. The number of aromatic hydroxyl groups is 1. The van der Waals surface area contributed by atoms with E-state index in [2.05, 4.69) is 37.2 Å². The zero-order valence-corrected chi connectivity index (χ0v) is 45.6. The Bertz CT molecular complexity index is 2550. The molecule has 68 heavy (non-hydrogen) atoms. The van der Waals surface area contributed by atoms with Gasteiger partial charge in [0.05, 0.1) is 61.1 Å². The fourth-order valence-electron chi connectivity index (χ4n) is 7.20. The number of fused-ring (bicyclic) bond motifs is 1. The minimum atomic E-state index is -5.02. The molecule has 0 aliphatic heterocycles. The van der Waals surface area contributed by atoms with Crippen molar-refractivity contribution < 1.29 is 120 Å². The van der Waals surface area contributed by atoms with Crippen molar-refractivity contribution in [2.24, 2.45) is 15.6 Å². The van der Waals surface area contributed by atoms with Gasteiger partial charge < -0.3 is 35.0 Å². The molecule has 0 aromatic heterocycles. The van der Waals surface area contributed by atoms with E-state index in [4.69, 9.17) is 32.7 Å². The molecule has 23 heteroatoms. The number of nitrogens with zero attached hydrogens (tertiary/aromatic N) is 2. The van der Waals surface area contributed by atoms with Gasteiger partial charge in [-0.1, -0.05) is 94.8 Å². The van der Waals surface area contributed by atoms with Crippen LogP contribution in [0.3, 0.4) is 0 Å². The summed E-state index contributed by atoms with van der Waals surface area (Å²) in [6.45, 7) is 5.36. The summed E-state index contributed by atoms with van der Waals surface area (Å²) in [5.41, 5.74) is -1.16. The Hall–Kier alpha value is -2.86. The molecule has 0 spiro atoms. The van der Waals surface area contributed by atoms with Crippen molar-refractivity contribution in [3.63, 3.8) is 0 Å². The first-order chi connectivity index (χ1) is 31.5. The van der Waals surface area contributed by atoms with Gasteiger partial charge in [0.1, 0.15) is 21.6 Å². The number of unbranched alkanes of at least 4 members (excludes halogenated alkanes) is 9. The van der Waals surface area contributed by atoms with Crippen LogP contribution in [0.1, 0.15) is 115 Å². The molecule has 4 aromatic carbocycles. The van der Waals surface area contributed by atoms with Crippen LogP contribution in [0.15, 0.2) is 74.6 Å². The van der Waals surface area contributed by atoms with Crippen LogP contribution in [0, 0.1) is 5.41 Å². The number of halogens is 2. The number of anilines is 2. The molecule has 5 rings (SSSR count). The summed E-state index contributed by atoms with van der Waals surface area (Å²) in [5.74, 6) is -3.20. The molecule has 1 atom stereocenters. The number of azo groups is 1. The summed E-state index contributed by atoms with van der Waals surface area (Å²) >= 11 is 13.1. The minimum absolute atomic E-state index is 0. The minimum Gasteiger partial charge on any atom is -0.744 e. The van der Waals surface area contributed by atoms with Gasteiger partial charge in [-0.25, -0.2) is 13.2 Å². The number of hydrogen-bond donors (Lipinski definition) is 3. The second-order valence-electron chi connectivity index (χ2n) is 15.8. The molecular formula is C45H50Cl2N4Na2O13S2. The number of esters is 1.